The highest BCUT2D eigenvalue weighted by atomic mass is 16.5. The van der Waals surface area contributed by atoms with Crippen molar-refractivity contribution in [2.24, 2.45) is 0 Å². The number of phenols is 1. The second-order valence-corrected chi connectivity index (χ2v) is 8.21. The molecule has 3 aromatic rings. The second-order valence-electron chi connectivity index (χ2n) is 8.21. The summed E-state index contributed by atoms with van der Waals surface area (Å²) in [6.45, 7) is 5.48. The van der Waals surface area contributed by atoms with Gasteiger partial charge in [-0.05, 0) is 67.3 Å². The van der Waals surface area contributed by atoms with Gasteiger partial charge in [-0.25, -0.2) is 0 Å². The summed E-state index contributed by atoms with van der Waals surface area (Å²) in [7, 11) is 1.57. The maximum absolute atomic E-state index is 13.3. The number of rotatable bonds is 4. The van der Waals surface area contributed by atoms with E-state index < -0.39 is 17.7 Å². The molecule has 0 aromatic heterocycles. The van der Waals surface area contributed by atoms with Crippen LogP contribution in [0.3, 0.4) is 0 Å². The standard InChI is InChI=1S/C27H25NO5/c1-15-10-11-21(29)20(12-15)28-24(18-8-6-5-7-9-18)23(26(31)27(28)32)25(30)19-13-17(3)22(33-4)14-16(19)2/h5-14,24,29-30H,1-4H3/b25-23+. The van der Waals surface area contributed by atoms with Gasteiger partial charge in [0.05, 0.1) is 24.4 Å². The zero-order chi connectivity index (χ0) is 23.9. The lowest BCUT2D eigenvalue weighted by molar-refractivity contribution is -0.132. The number of ketones is 1. The second kappa shape index (κ2) is 8.47. The predicted molar refractivity (Wildman–Crippen MR) is 127 cm³/mol. The van der Waals surface area contributed by atoms with Crippen LogP contribution >= 0.6 is 0 Å². The van der Waals surface area contributed by atoms with E-state index in [2.05, 4.69) is 0 Å². The Morgan fingerprint density at radius 1 is 0.939 bits per heavy atom. The van der Waals surface area contributed by atoms with Gasteiger partial charge in [-0.1, -0.05) is 36.4 Å². The van der Waals surface area contributed by atoms with Crippen molar-refractivity contribution < 1.29 is 24.5 Å². The fourth-order valence-electron chi connectivity index (χ4n) is 4.27. The average molecular weight is 443 g/mol. The molecule has 1 aliphatic heterocycles. The van der Waals surface area contributed by atoms with Crippen molar-refractivity contribution in [1.29, 1.82) is 0 Å². The van der Waals surface area contributed by atoms with E-state index in [1.165, 1.54) is 11.0 Å². The molecule has 0 radical (unpaired) electrons. The lowest BCUT2D eigenvalue weighted by atomic mass is 9.93. The number of aryl methyl sites for hydroxylation is 3. The molecular weight excluding hydrogens is 418 g/mol. The molecule has 1 amide bonds. The molecule has 0 spiro atoms. The molecule has 1 atom stereocenters. The first-order chi connectivity index (χ1) is 15.7. The number of aliphatic hydroxyl groups excluding tert-OH is 1. The molecule has 1 unspecified atom stereocenters. The van der Waals surface area contributed by atoms with Gasteiger partial charge in [-0.15, -0.1) is 0 Å². The normalized spacial score (nSPS) is 17.5. The van der Waals surface area contributed by atoms with Crippen LogP contribution in [0.25, 0.3) is 5.76 Å². The molecule has 0 bridgehead atoms. The van der Waals surface area contributed by atoms with Crippen LogP contribution < -0.4 is 9.64 Å². The zero-order valence-electron chi connectivity index (χ0n) is 18.9. The number of carbonyl (C=O) groups excluding carboxylic acids is 2. The highest BCUT2D eigenvalue weighted by Crippen LogP contribution is 2.45. The van der Waals surface area contributed by atoms with E-state index in [1.54, 1.807) is 62.6 Å². The van der Waals surface area contributed by atoms with Crippen LogP contribution in [0.2, 0.25) is 0 Å². The van der Waals surface area contributed by atoms with Gasteiger partial charge < -0.3 is 14.9 Å². The Labute approximate surface area is 192 Å². The molecule has 6 nitrogen and oxygen atoms in total. The van der Waals surface area contributed by atoms with Crippen LogP contribution in [0.5, 0.6) is 11.5 Å². The van der Waals surface area contributed by atoms with Crippen LogP contribution in [0.4, 0.5) is 5.69 Å². The summed E-state index contributed by atoms with van der Waals surface area (Å²) in [6.07, 6.45) is 0. The van der Waals surface area contributed by atoms with E-state index in [1.807, 2.05) is 19.9 Å². The first kappa shape index (κ1) is 22.1. The minimum Gasteiger partial charge on any atom is -0.507 e. The molecular formula is C27H25NO5. The predicted octanol–water partition coefficient (Wildman–Crippen LogP) is 4.95. The van der Waals surface area contributed by atoms with E-state index >= 15 is 0 Å². The van der Waals surface area contributed by atoms with E-state index in [9.17, 15) is 19.8 Å². The molecule has 168 valence electrons. The van der Waals surface area contributed by atoms with Crippen LogP contribution in [-0.4, -0.2) is 29.0 Å². The molecule has 2 N–H and O–H groups in total. The third kappa shape index (κ3) is 3.74. The van der Waals surface area contributed by atoms with Crippen LogP contribution in [0.1, 0.15) is 33.9 Å². The SMILES string of the molecule is COc1cc(C)c(/C(O)=C2\C(=O)C(=O)N(c3cc(C)ccc3O)C2c2ccccc2)cc1C. The van der Waals surface area contributed by atoms with Crippen LogP contribution in [-0.2, 0) is 9.59 Å². The van der Waals surface area contributed by atoms with Gasteiger partial charge in [0, 0.05) is 5.56 Å². The van der Waals surface area contributed by atoms with E-state index in [-0.39, 0.29) is 22.8 Å². The lowest BCUT2D eigenvalue weighted by Crippen LogP contribution is -2.29. The summed E-state index contributed by atoms with van der Waals surface area (Å²) >= 11 is 0. The summed E-state index contributed by atoms with van der Waals surface area (Å²) < 4.78 is 5.36. The number of nitrogens with zero attached hydrogens (tertiary/aromatic N) is 1. The molecule has 1 saturated heterocycles. The van der Waals surface area contributed by atoms with Crippen molar-refractivity contribution in [2.75, 3.05) is 12.0 Å². The number of hydrogen-bond donors (Lipinski definition) is 2. The zero-order valence-corrected chi connectivity index (χ0v) is 18.9. The van der Waals surface area contributed by atoms with Crippen LogP contribution in [0, 0.1) is 20.8 Å². The van der Waals surface area contributed by atoms with Gasteiger partial charge >= 0.3 is 0 Å². The molecule has 0 saturated carbocycles. The number of phenolic OH excluding ortho intramolecular Hbond substituents is 1. The molecule has 1 fully saturated rings. The van der Waals surface area contributed by atoms with Crippen molar-refractivity contribution in [3.63, 3.8) is 0 Å². The number of aliphatic hydroxyl groups is 1. The van der Waals surface area contributed by atoms with Gasteiger partial charge in [0.25, 0.3) is 11.7 Å². The third-order valence-corrected chi connectivity index (χ3v) is 5.95. The quantitative estimate of drug-likeness (QED) is 0.338. The molecule has 6 heteroatoms. The number of Topliss-reactive ketones (excluding diaryl/α,β-unsaturated/α-hetero) is 1. The average Bonchev–Trinajstić information content (AvgIpc) is 3.07. The highest BCUT2D eigenvalue weighted by molar-refractivity contribution is 6.52. The highest BCUT2D eigenvalue weighted by Gasteiger charge is 2.47. The maximum atomic E-state index is 13.3. The number of carbonyl (C=O) groups is 2. The van der Waals surface area contributed by atoms with Gasteiger partial charge in [0.1, 0.15) is 17.3 Å². The first-order valence-corrected chi connectivity index (χ1v) is 10.6. The summed E-state index contributed by atoms with van der Waals surface area (Å²) in [5, 5.41) is 21.9. The number of aromatic hydroxyl groups is 1. The number of anilines is 1. The Morgan fingerprint density at radius 3 is 2.30 bits per heavy atom. The molecule has 1 heterocycles. The Balaban J connectivity index is 1.99. The van der Waals surface area contributed by atoms with E-state index in [0.717, 1.165) is 11.1 Å². The van der Waals surface area contributed by atoms with E-state index in [4.69, 9.17) is 4.74 Å². The Hall–Kier alpha value is -4.06. The third-order valence-electron chi connectivity index (χ3n) is 5.95. The first-order valence-electron chi connectivity index (χ1n) is 10.6. The van der Waals surface area contributed by atoms with Gasteiger partial charge in [0.15, 0.2) is 0 Å². The van der Waals surface area contributed by atoms with Crippen molar-refractivity contribution in [2.45, 2.75) is 26.8 Å². The van der Waals surface area contributed by atoms with Gasteiger partial charge in [-0.2, -0.15) is 0 Å². The Kier molecular flexibility index (Phi) is 5.68. The van der Waals surface area contributed by atoms with Gasteiger partial charge in [0.2, 0.25) is 0 Å². The number of benzene rings is 3. The van der Waals surface area contributed by atoms with Crippen molar-refractivity contribution in [3.8, 4) is 11.5 Å². The van der Waals surface area contributed by atoms with Crippen LogP contribution in [0.15, 0.2) is 66.2 Å². The summed E-state index contributed by atoms with van der Waals surface area (Å²) in [5.41, 5.74) is 3.58. The topological polar surface area (TPSA) is 87.1 Å². The van der Waals surface area contributed by atoms with E-state index in [0.29, 0.717) is 22.4 Å². The number of ether oxygens (including phenoxy) is 1. The lowest BCUT2D eigenvalue weighted by Gasteiger charge is -2.26. The minimum atomic E-state index is -0.902. The summed E-state index contributed by atoms with van der Waals surface area (Å²) in [6, 6.07) is 16.5. The molecule has 0 aliphatic carbocycles. The van der Waals surface area contributed by atoms with Crippen molar-refractivity contribution in [1.82, 2.24) is 0 Å². The van der Waals surface area contributed by atoms with Crippen molar-refractivity contribution >= 4 is 23.1 Å². The molecule has 4 rings (SSSR count). The number of methoxy groups -OCH3 is 1. The minimum absolute atomic E-state index is 0.0280. The number of hydrogen-bond acceptors (Lipinski definition) is 5. The maximum Gasteiger partial charge on any atom is 0.300 e. The summed E-state index contributed by atoms with van der Waals surface area (Å²) in [5.74, 6) is -1.35. The van der Waals surface area contributed by atoms with Gasteiger partial charge in [-0.3, -0.25) is 14.5 Å². The largest absolute Gasteiger partial charge is 0.507 e. The molecule has 33 heavy (non-hydrogen) atoms. The fourth-order valence-corrected chi connectivity index (χ4v) is 4.27. The monoisotopic (exact) mass is 443 g/mol. The van der Waals surface area contributed by atoms with Crippen molar-refractivity contribution in [3.05, 3.63) is 94.1 Å². The fraction of sp³-hybridized carbons (Fsp3) is 0.185. The Morgan fingerprint density at radius 2 is 1.64 bits per heavy atom. The molecule has 3 aromatic carbocycles. The Bertz CT molecular complexity index is 1290. The summed E-state index contributed by atoms with van der Waals surface area (Å²) in [4.78, 5) is 27.8. The smallest absolute Gasteiger partial charge is 0.300 e. The molecule has 1 aliphatic rings. The number of amides is 1.